The minimum atomic E-state index is -1.22. The van der Waals surface area contributed by atoms with Crippen LogP contribution in [0, 0.1) is 5.92 Å². The van der Waals surface area contributed by atoms with Gasteiger partial charge >= 0.3 is 11.9 Å². The Morgan fingerprint density at radius 3 is 2.52 bits per heavy atom. The molecule has 7 heteroatoms. The van der Waals surface area contributed by atoms with Crippen molar-refractivity contribution in [1.29, 1.82) is 0 Å². The van der Waals surface area contributed by atoms with Crippen LogP contribution in [0.2, 0.25) is 0 Å². The van der Waals surface area contributed by atoms with Gasteiger partial charge < -0.3 is 14.2 Å². The minimum Gasteiger partial charge on any atom is -0.463 e. The summed E-state index contributed by atoms with van der Waals surface area (Å²) < 4.78 is 28.2. The Bertz CT molecular complexity index is 573. The molecule has 2 unspecified atom stereocenters. The predicted molar refractivity (Wildman–Crippen MR) is 82.9 cm³/mol. The summed E-state index contributed by atoms with van der Waals surface area (Å²) in [6.45, 7) is 2.72. The van der Waals surface area contributed by atoms with E-state index in [1.165, 1.54) is 13.8 Å². The van der Waals surface area contributed by atoms with Crippen LogP contribution in [0.4, 0.5) is 0 Å². The summed E-state index contributed by atoms with van der Waals surface area (Å²) in [5.41, 5.74) is 0. The van der Waals surface area contributed by atoms with Crippen LogP contribution in [0.1, 0.15) is 20.3 Å². The van der Waals surface area contributed by atoms with E-state index < -0.39 is 29.0 Å². The monoisotopic (exact) mass is 340 g/mol. The van der Waals surface area contributed by atoms with Crippen LogP contribution in [0.3, 0.4) is 0 Å². The van der Waals surface area contributed by atoms with E-state index >= 15 is 0 Å². The number of carbonyl (C=O) groups excluding carboxylic acids is 2. The topological polar surface area (TPSA) is 78.9 Å². The number of hydrogen-bond acceptors (Lipinski definition) is 6. The molecule has 1 aliphatic rings. The molecular weight excluding hydrogens is 320 g/mol. The lowest BCUT2D eigenvalue weighted by atomic mass is 10.1. The van der Waals surface area contributed by atoms with Gasteiger partial charge in [0.05, 0.1) is 16.9 Å². The largest absolute Gasteiger partial charge is 0.463 e. The molecule has 1 aromatic rings. The number of carbonyl (C=O) groups is 2. The molecule has 0 aromatic heterocycles. The van der Waals surface area contributed by atoms with E-state index in [0.29, 0.717) is 12.2 Å². The predicted octanol–water partition coefficient (Wildman–Crippen LogP) is 1.65. The molecule has 1 fully saturated rings. The molecule has 4 atom stereocenters. The summed E-state index contributed by atoms with van der Waals surface area (Å²) in [7, 11) is -1.22. The first-order valence-electron chi connectivity index (χ1n) is 7.35. The van der Waals surface area contributed by atoms with Gasteiger partial charge in [-0.15, -0.1) is 0 Å². The lowest BCUT2D eigenvalue weighted by molar-refractivity contribution is -0.182. The number of benzene rings is 1. The third-order valence-corrected chi connectivity index (χ3v) is 4.93. The molecule has 0 saturated carbocycles. The van der Waals surface area contributed by atoms with Gasteiger partial charge in [-0.05, 0) is 18.6 Å². The summed E-state index contributed by atoms with van der Waals surface area (Å²) in [6, 6.07) is 9.10. The Kier molecular flexibility index (Phi) is 6.29. The quantitative estimate of drug-likeness (QED) is 0.733. The lowest BCUT2D eigenvalue weighted by Crippen LogP contribution is -2.26. The normalized spacial score (nSPS) is 24.9. The highest BCUT2D eigenvalue weighted by molar-refractivity contribution is 7.85. The molecule has 0 aliphatic carbocycles. The van der Waals surface area contributed by atoms with Gasteiger partial charge in [0.2, 0.25) is 6.29 Å². The van der Waals surface area contributed by atoms with Crippen molar-refractivity contribution in [3.8, 4) is 0 Å². The SMILES string of the molecule is CC(=O)OC[C@@H]1C[C@@H](CS(=O)c2ccccc2)C(OC(C)=O)O1. The maximum Gasteiger partial charge on any atom is 0.304 e. The van der Waals surface area contributed by atoms with Gasteiger partial charge in [0.15, 0.2) is 0 Å². The van der Waals surface area contributed by atoms with Crippen LogP contribution < -0.4 is 0 Å². The number of esters is 2. The number of rotatable bonds is 6. The molecule has 1 aromatic carbocycles. The third-order valence-electron chi connectivity index (χ3n) is 3.40. The fourth-order valence-electron chi connectivity index (χ4n) is 2.42. The van der Waals surface area contributed by atoms with Crippen LogP contribution >= 0.6 is 0 Å². The molecule has 126 valence electrons. The van der Waals surface area contributed by atoms with E-state index in [2.05, 4.69) is 0 Å². The van der Waals surface area contributed by atoms with Gasteiger partial charge in [0, 0.05) is 30.4 Å². The smallest absolute Gasteiger partial charge is 0.304 e. The summed E-state index contributed by atoms with van der Waals surface area (Å²) in [5.74, 6) is -0.744. The first kappa shape index (κ1) is 17.6. The standard InChI is InChI=1S/C16H20O6S/c1-11(17)20-9-14-8-13(16(22-14)21-12(2)18)10-23(19)15-6-4-3-5-7-15/h3-7,13-14,16H,8-10H2,1-2H3/t13-,14-,16?,23?/m0/s1. The van der Waals surface area contributed by atoms with Crippen LogP contribution in [-0.4, -0.2) is 40.9 Å². The molecule has 1 saturated heterocycles. The van der Waals surface area contributed by atoms with Gasteiger partial charge in [0.1, 0.15) is 6.61 Å². The molecule has 0 spiro atoms. The van der Waals surface area contributed by atoms with Gasteiger partial charge in [-0.1, -0.05) is 18.2 Å². The second-order valence-corrected chi connectivity index (χ2v) is 6.86. The van der Waals surface area contributed by atoms with Crippen LogP contribution in [0.25, 0.3) is 0 Å². The highest BCUT2D eigenvalue weighted by Gasteiger charge is 2.39. The van der Waals surface area contributed by atoms with Gasteiger partial charge in [-0.2, -0.15) is 0 Å². The van der Waals surface area contributed by atoms with E-state index in [4.69, 9.17) is 14.2 Å². The van der Waals surface area contributed by atoms with Gasteiger partial charge in [-0.3, -0.25) is 13.8 Å². The van der Waals surface area contributed by atoms with Crippen molar-refractivity contribution in [2.24, 2.45) is 5.92 Å². The molecule has 0 bridgehead atoms. The molecular formula is C16H20O6S. The Morgan fingerprint density at radius 1 is 1.22 bits per heavy atom. The first-order chi connectivity index (χ1) is 11.0. The maximum absolute atomic E-state index is 12.4. The minimum absolute atomic E-state index is 0.0988. The van der Waals surface area contributed by atoms with Gasteiger partial charge in [0.25, 0.3) is 0 Å². The fraction of sp³-hybridized carbons (Fsp3) is 0.500. The van der Waals surface area contributed by atoms with Gasteiger partial charge in [-0.25, -0.2) is 0 Å². The Hall–Kier alpha value is -1.73. The van der Waals surface area contributed by atoms with E-state index in [9.17, 15) is 13.8 Å². The Balaban J connectivity index is 1.99. The van der Waals surface area contributed by atoms with Crippen molar-refractivity contribution in [2.45, 2.75) is 37.6 Å². The Labute approximate surface area is 137 Å². The zero-order valence-corrected chi connectivity index (χ0v) is 13.9. The van der Waals surface area contributed by atoms with Crippen LogP contribution in [-0.2, 0) is 34.6 Å². The van der Waals surface area contributed by atoms with Crippen LogP contribution in [0.15, 0.2) is 35.2 Å². The lowest BCUT2D eigenvalue weighted by Gasteiger charge is -2.17. The van der Waals surface area contributed by atoms with Crippen molar-refractivity contribution in [3.05, 3.63) is 30.3 Å². The molecule has 0 radical (unpaired) electrons. The zero-order valence-electron chi connectivity index (χ0n) is 13.1. The highest BCUT2D eigenvalue weighted by Crippen LogP contribution is 2.29. The van der Waals surface area contributed by atoms with Crippen molar-refractivity contribution in [2.75, 3.05) is 12.4 Å². The second-order valence-electron chi connectivity index (χ2n) is 5.36. The van der Waals surface area contributed by atoms with Crippen LogP contribution in [0.5, 0.6) is 0 Å². The van der Waals surface area contributed by atoms with Crippen molar-refractivity contribution in [3.63, 3.8) is 0 Å². The van der Waals surface area contributed by atoms with E-state index in [1.54, 1.807) is 12.1 Å². The van der Waals surface area contributed by atoms with Crippen molar-refractivity contribution in [1.82, 2.24) is 0 Å². The molecule has 6 nitrogen and oxygen atoms in total. The zero-order chi connectivity index (χ0) is 16.8. The summed E-state index contributed by atoms with van der Waals surface area (Å²) in [5, 5.41) is 0. The number of hydrogen-bond donors (Lipinski definition) is 0. The average Bonchev–Trinajstić information content (AvgIpc) is 2.87. The summed E-state index contributed by atoms with van der Waals surface area (Å²) >= 11 is 0. The van der Waals surface area contributed by atoms with Crippen molar-refractivity contribution < 1.29 is 28.0 Å². The third kappa shape index (κ3) is 5.44. The fourth-order valence-corrected chi connectivity index (χ4v) is 3.76. The second kappa shape index (κ2) is 8.21. The maximum atomic E-state index is 12.4. The number of ether oxygens (including phenoxy) is 3. The molecule has 0 N–H and O–H groups in total. The molecule has 0 amide bonds. The molecule has 1 heterocycles. The molecule has 1 aliphatic heterocycles. The Morgan fingerprint density at radius 2 is 1.91 bits per heavy atom. The average molecular weight is 340 g/mol. The highest BCUT2D eigenvalue weighted by atomic mass is 32.2. The van der Waals surface area contributed by atoms with E-state index in [0.717, 1.165) is 4.90 Å². The first-order valence-corrected chi connectivity index (χ1v) is 8.67. The van der Waals surface area contributed by atoms with E-state index in [1.807, 2.05) is 18.2 Å². The van der Waals surface area contributed by atoms with E-state index in [-0.39, 0.29) is 18.6 Å². The van der Waals surface area contributed by atoms with Crippen molar-refractivity contribution >= 4 is 22.7 Å². The molecule has 2 rings (SSSR count). The summed E-state index contributed by atoms with van der Waals surface area (Å²) in [4.78, 5) is 22.8. The summed E-state index contributed by atoms with van der Waals surface area (Å²) in [6.07, 6.45) is -0.606. The molecule has 23 heavy (non-hydrogen) atoms.